The summed E-state index contributed by atoms with van der Waals surface area (Å²) in [5.74, 6) is 0. The lowest BCUT2D eigenvalue weighted by molar-refractivity contribution is 0.0453. The Morgan fingerprint density at radius 1 is 0.958 bits per heavy atom. The number of anilines is 1. The summed E-state index contributed by atoms with van der Waals surface area (Å²) >= 11 is 0. The minimum absolute atomic E-state index is 0.228. The molecule has 5 nitrogen and oxygen atoms in total. The molecule has 0 saturated carbocycles. The fourth-order valence-electron chi connectivity index (χ4n) is 2.14. The largest absolute Gasteiger partial charge is 0.379 e. The van der Waals surface area contributed by atoms with Crippen molar-refractivity contribution in [1.82, 2.24) is 5.32 Å². The zero-order chi connectivity index (χ0) is 17.0. The highest BCUT2D eigenvalue weighted by Crippen LogP contribution is 2.11. The van der Waals surface area contributed by atoms with E-state index in [1.807, 2.05) is 61.5 Å². The third-order valence-corrected chi connectivity index (χ3v) is 3.33. The van der Waals surface area contributed by atoms with Crippen molar-refractivity contribution in [2.45, 2.75) is 20.1 Å². The number of hydrogen-bond acceptors (Lipinski definition) is 3. The van der Waals surface area contributed by atoms with Gasteiger partial charge in [0.05, 0.1) is 19.8 Å². The summed E-state index contributed by atoms with van der Waals surface area (Å²) in [7, 11) is 0. The number of ether oxygens (including phenoxy) is 2. The van der Waals surface area contributed by atoms with E-state index in [2.05, 4.69) is 10.6 Å². The van der Waals surface area contributed by atoms with E-state index in [4.69, 9.17) is 9.47 Å². The number of nitrogens with one attached hydrogen (secondary N) is 2. The number of benzene rings is 2. The number of amides is 2. The molecule has 0 heterocycles. The molecule has 0 saturated heterocycles. The van der Waals surface area contributed by atoms with Gasteiger partial charge in [-0.3, -0.25) is 0 Å². The second kappa shape index (κ2) is 10.4. The second-order valence-electron chi connectivity index (χ2n) is 5.24. The van der Waals surface area contributed by atoms with Gasteiger partial charge in [0.25, 0.3) is 0 Å². The first-order valence-corrected chi connectivity index (χ1v) is 8.11. The first kappa shape index (κ1) is 18.0. The minimum atomic E-state index is -0.228. The molecule has 0 bridgehead atoms. The quantitative estimate of drug-likeness (QED) is 0.692. The summed E-state index contributed by atoms with van der Waals surface area (Å²) in [6.07, 6.45) is 0. The van der Waals surface area contributed by atoms with Crippen molar-refractivity contribution in [2.75, 3.05) is 25.1 Å². The Kier molecular flexibility index (Phi) is 7.80. The molecule has 0 atom stereocenters. The molecule has 0 unspecified atom stereocenters. The highest BCUT2D eigenvalue weighted by molar-refractivity contribution is 5.89. The van der Waals surface area contributed by atoms with E-state index >= 15 is 0 Å². The Morgan fingerprint density at radius 2 is 1.71 bits per heavy atom. The molecule has 0 spiro atoms. The normalized spacial score (nSPS) is 10.4. The van der Waals surface area contributed by atoms with Gasteiger partial charge < -0.3 is 20.1 Å². The molecule has 0 aliphatic heterocycles. The first-order valence-electron chi connectivity index (χ1n) is 8.11. The third kappa shape index (κ3) is 6.81. The van der Waals surface area contributed by atoms with E-state index in [0.717, 1.165) is 16.8 Å². The van der Waals surface area contributed by atoms with Crippen LogP contribution in [0.4, 0.5) is 10.5 Å². The average Bonchev–Trinajstić information content (AvgIpc) is 2.61. The summed E-state index contributed by atoms with van der Waals surface area (Å²) in [5.41, 5.74) is 2.81. The molecule has 2 aromatic carbocycles. The molecule has 0 fully saturated rings. The Balaban J connectivity index is 1.75. The number of carbonyl (C=O) groups excluding carboxylic acids is 1. The summed E-state index contributed by atoms with van der Waals surface area (Å²) in [5, 5.41) is 5.67. The SMILES string of the molecule is CCOCCOCc1cccc(NC(=O)NCc2ccccc2)c1. The Bertz CT molecular complexity index is 617. The lowest BCUT2D eigenvalue weighted by Gasteiger charge is -2.10. The summed E-state index contributed by atoms with van der Waals surface area (Å²) in [4.78, 5) is 12.0. The molecule has 2 rings (SSSR count). The van der Waals surface area contributed by atoms with Crippen LogP contribution >= 0.6 is 0 Å². The van der Waals surface area contributed by atoms with E-state index in [9.17, 15) is 4.79 Å². The molecular weight excluding hydrogens is 304 g/mol. The van der Waals surface area contributed by atoms with Gasteiger partial charge in [0.1, 0.15) is 0 Å². The lowest BCUT2D eigenvalue weighted by atomic mass is 10.2. The van der Waals surface area contributed by atoms with Crippen molar-refractivity contribution in [3.8, 4) is 0 Å². The minimum Gasteiger partial charge on any atom is -0.379 e. The van der Waals surface area contributed by atoms with Gasteiger partial charge in [-0.1, -0.05) is 42.5 Å². The zero-order valence-corrected chi connectivity index (χ0v) is 14.0. The van der Waals surface area contributed by atoms with Crippen LogP contribution in [-0.4, -0.2) is 25.9 Å². The van der Waals surface area contributed by atoms with Crippen LogP contribution in [0.5, 0.6) is 0 Å². The predicted octanol–water partition coefficient (Wildman–Crippen LogP) is 3.56. The highest BCUT2D eigenvalue weighted by Gasteiger charge is 2.03. The molecule has 0 radical (unpaired) electrons. The van der Waals surface area contributed by atoms with E-state index in [1.54, 1.807) is 0 Å². The fourth-order valence-corrected chi connectivity index (χ4v) is 2.14. The molecule has 5 heteroatoms. The van der Waals surface area contributed by atoms with Crippen LogP contribution in [0.15, 0.2) is 54.6 Å². The maximum atomic E-state index is 12.0. The van der Waals surface area contributed by atoms with Crippen molar-refractivity contribution >= 4 is 11.7 Å². The van der Waals surface area contributed by atoms with Gasteiger partial charge in [-0.2, -0.15) is 0 Å². The molecule has 0 aliphatic rings. The van der Waals surface area contributed by atoms with E-state index in [1.165, 1.54) is 0 Å². The second-order valence-corrected chi connectivity index (χ2v) is 5.24. The van der Waals surface area contributed by atoms with Gasteiger partial charge in [-0.05, 0) is 30.2 Å². The summed E-state index contributed by atoms with van der Waals surface area (Å²) in [6.45, 7) is 4.79. The topological polar surface area (TPSA) is 59.6 Å². The predicted molar refractivity (Wildman–Crippen MR) is 94.9 cm³/mol. The number of hydrogen-bond donors (Lipinski definition) is 2. The molecule has 2 aromatic rings. The standard InChI is InChI=1S/C19H24N2O3/c1-2-23-11-12-24-15-17-9-6-10-18(13-17)21-19(22)20-14-16-7-4-3-5-8-16/h3-10,13H,2,11-12,14-15H2,1H3,(H2,20,21,22). The average molecular weight is 328 g/mol. The van der Waals surface area contributed by atoms with Crippen molar-refractivity contribution in [1.29, 1.82) is 0 Å². The molecule has 0 aliphatic carbocycles. The maximum Gasteiger partial charge on any atom is 0.319 e. The smallest absolute Gasteiger partial charge is 0.319 e. The van der Waals surface area contributed by atoms with E-state index in [-0.39, 0.29) is 6.03 Å². The summed E-state index contributed by atoms with van der Waals surface area (Å²) in [6, 6.07) is 17.2. The maximum absolute atomic E-state index is 12.0. The Labute approximate surface area is 143 Å². The number of rotatable bonds is 9. The molecule has 0 aromatic heterocycles. The van der Waals surface area contributed by atoms with Crippen LogP contribution < -0.4 is 10.6 Å². The van der Waals surface area contributed by atoms with Crippen LogP contribution in [0.1, 0.15) is 18.1 Å². The highest BCUT2D eigenvalue weighted by atomic mass is 16.5. The molecule has 24 heavy (non-hydrogen) atoms. The fraction of sp³-hybridized carbons (Fsp3) is 0.316. The van der Waals surface area contributed by atoms with Crippen LogP contribution in [0.2, 0.25) is 0 Å². The van der Waals surface area contributed by atoms with Crippen LogP contribution in [0, 0.1) is 0 Å². The monoisotopic (exact) mass is 328 g/mol. The van der Waals surface area contributed by atoms with Gasteiger partial charge in [0, 0.05) is 18.8 Å². The van der Waals surface area contributed by atoms with E-state index in [0.29, 0.717) is 33.0 Å². The molecule has 2 N–H and O–H groups in total. The van der Waals surface area contributed by atoms with E-state index < -0.39 is 0 Å². The number of carbonyl (C=O) groups is 1. The van der Waals surface area contributed by atoms with Crippen molar-refractivity contribution in [2.24, 2.45) is 0 Å². The van der Waals surface area contributed by atoms with Crippen molar-refractivity contribution in [3.05, 3.63) is 65.7 Å². The zero-order valence-electron chi connectivity index (χ0n) is 14.0. The molecular formula is C19H24N2O3. The molecule has 128 valence electrons. The van der Waals surface area contributed by atoms with Gasteiger partial charge in [0.15, 0.2) is 0 Å². The number of urea groups is 1. The third-order valence-electron chi connectivity index (χ3n) is 3.33. The van der Waals surface area contributed by atoms with Gasteiger partial charge >= 0.3 is 6.03 Å². The lowest BCUT2D eigenvalue weighted by Crippen LogP contribution is -2.28. The molecule has 2 amide bonds. The Morgan fingerprint density at radius 3 is 2.50 bits per heavy atom. The summed E-state index contributed by atoms with van der Waals surface area (Å²) < 4.78 is 10.8. The van der Waals surface area contributed by atoms with Crippen LogP contribution in [-0.2, 0) is 22.6 Å². The first-order chi connectivity index (χ1) is 11.8. The van der Waals surface area contributed by atoms with Crippen molar-refractivity contribution < 1.29 is 14.3 Å². The van der Waals surface area contributed by atoms with Crippen LogP contribution in [0.3, 0.4) is 0 Å². The van der Waals surface area contributed by atoms with Crippen LogP contribution in [0.25, 0.3) is 0 Å². The van der Waals surface area contributed by atoms with Crippen molar-refractivity contribution in [3.63, 3.8) is 0 Å². The van der Waals surface area contributed by atoms with Gasteiger partial charge in [-0.15, -0.1) is 0 Å². The van der Waals surface area contributed by atoms with Gasteiger partial charge in [-0.25, -0.2) is 4.79 Å². The van der Waals surface area contributed by atoms with Gasteiger partial charge in [0.2, 0.25) is 0 Å². The Hall–Kier alpha value is -2.37.